The summed E-state index contributed by atoms with van der Waals surface area (Å²) in [6, 6.07) is 12.9. The van der Waals surface area contributed by atoms with Gasteiger partial charge in [-0.25, -0.2) is 4.79 Å². The molecule has 0 aliphatic rings. The van der Waals surface area contributed by atoms with Crippen molar-refractivity contribution in [2.24, 2.45) is 0 Å². The molecule has 0 spiro atoms. The maximum absolute atomic E-state index is 12.7. The minimum absolute atomic E-state index is 0.0341. The van der Waals surface area contributed by atoms with Gasteiger partial charge in [0.05, 0.1) is 25.6 Å². The summed E-state index contributed by atoms with van der Waals surface area (Å²) in [5.74, 6) is 1.28. The van der Waals surface area contributed by atoms with E-state index in [4.69, 9.17) is 14.6 Å². The fourth-order valence-electron chi connectivity index (χ4n) is 2.91. The molecule has 0 aliphatic heterocycles. The Morgan fingerprint density at radius 1 is 1.23 bits per heavy atom. The first kappa shape index (κ1) is 21.2. The number of urea groups is 1. The third-order valence-electron chi connectivity index (χ3n) is 4.52. The zero-order chi connectivity index (χ0) is 21.3. The van der Waals surface area contributed by atoms with E-state index in [0.29, 0.717) is 31.0 Å². The molecule has 8 heteroatoms. The van der Waals surface area contributed by atoms with Crippen molar-refractivity contribution in [2.75, 3.05) is 32.7 Å². The molecule has 0 saturated heterocycles. The normalized spacial score (nSPS) is 10.5. The van der Waals surface area contributed by atoms with Crippen molar-refractivity contribution < 1.29 is 19.4 Å². The number of anilines is 1. The lowest BCUT2D eigenvalue weighted by atomic mass is 10.1. The van der Waals surface area contributed by atoms with Gasteiger partial charge in [0.2, 0.25) is 0 Å². The Kier molecular flexibility index (Phi) is 7.29. The Morgan fingerprint density at radius 3 is 2.83 bits per heavy atom. The van der Waals surface area contributed by atoms with Crippen LogP contribution < -0.4 is 14.8 Å². The summed E-state index contributed by atoms with van der Waals surface area (Å²) in [7, 11) is 3.34. The van der Waals surface area contributed by atoms with E-state index in [-0.39, 0.29) is 12.6 Å². The van der Waals surface area contributed by atoms with E-state index in [1.54, 1.807) is 37.5 Å². The second kappa shape index (κ2) is 10.3. The van der Waals surface area contributed by atoms with E-state index in [1.165, 1.54) is 0 Å². The number of amides is 2. The highest BCUT2D eigenvalue weighted by atomic mass is 16.5. The molecule has 0 atom stereocenters. The number of hydrogen-bond acceptors (Lipinski definition) is 5. The van der Waals surface area contributed by atoms with Gasteiger partial charge in [0, 0.05) is 38.4 Å². The lowest BCUT2D eigenvalue weighted by Gasteiger charge is -2.20. The molecule has 2 amide bonds. The van der Waals surface area contributed by atoms with Gasteiger partial charge in [-0.05, 0) is 35.4 Å². The number of nitrogens with one attached hydrogen (secondary N) is 2. The summed E-state index contributed by atoms with van der Waals surface area (Å²) in [5.41, 5.74) is 3.34. The molecule has 0 bridgehead atoms. The first-order chi connectivity index (χ1) is 14.6. The molecule has 0 unspecified atom stereocenters. The molecule has 0 aliphatic carbocycles. The lowest BCUT2D eigenvalue weighted by Crippen LogP contribution is -2.31. The zero-order valence-electron chi connectivity index (χ0n) is 17.1. The Bertz CT molecular complexity index is 960. The number of nitrogens with zero attached hydrogens (tertiary/aromatic N) is 2. The molecular formula is C22H26N4O4. The van der Waals surface area contributed by atoms with E-state index in [2.05, 4.69) is 15.5 Å². The third kappa shape index (κ3) is 5.51. The van der Waals surface area contributed by atoms with Gasteiger partial charge in [0.25, 0.3) is 0 Å². The van der Waals surface area contributed by atoms with Crippen LogP contribution in [0.25, 0.3) is 11.1 Å². The number of hydrogen-bond donors (Lipinski definition) is 3. The van der Waals surface area contributed by atoms with Crippen LogP contribution in [0.5, 0.6) is 11.5 Å². The van der Waals surface area contributed by atoms with Crippen LogP contribution in [0.1, 0.15) is 12.0 Å². The summed E-state index contributed by atoms with van der Waals surface area (Å²) in [6.07, 6.45) is 4.00. The predicted octanol–water partition coefficient (Wildman–Crippen LogP) is 3.51. The molecule has 1 heterocycles. The number of aromatic nitrogens is 2. The number of rotatable bonds is 9. The molecule has 8 nitrogen and oxygen atoms in total. The van der Waals surface area contributed by atoms with E-state index in [1.807, 2.05) is 36.4 Å². The van der Waals surface area contributed by atoms with Crippen molar-refractivity contribution in [3.05, 3.63) is 60.4 Å². The van der Waals surface area contributed by atoms with Crippen LogP contribution in [0.3, 0.4) is 0 Å². The maximum atomic E-state index is 12.7. The number of aliphatic hydroxyl groups excluding tert-OH is 1. The SMILES string of the molecule is COc1cccc(CN(C)C(=O)Nc2ccc(-c3cn[nH]c3)cc2OCCCO)c1. The van der Waals surface area contributed by atoms with Crippen LogP contribution in [-0.4, -0.2) is 53.6 Å². The highest BCUT2D eigenvalue weighted by Crippen LogP contribution is 2.31. The van der Waals surface area contributed by atoms with Crippen molar-refractivity contribution >= 4 is 11.7 Å². The van der Waals surface area contributed by atoms with Gasteiger partial charge in [-0.2, -0.15) is 5.10 Å². The second-order valence-corrected chi connectivity index (χ2v) is 6.76. The fourth-order valence-corrected chi connectivity index (χ4v) is 2.91. The van der Waals surface area contributed by atoms with Crippen molar-refractivity contribution in [2.45, 2.75) is 13.0 Å². The minimum Gasteiger partial charge on any atom is -0.497 e. The molecule has 2 aromatic carbocycles. The van der Waals surface area contributed by atoms with Gasteiger partial charge in [-0.3, -0.25) is 5.10 Å². The standard InChI is InChI=1S/C22H26N4O4/c1-26(15-16-5-3-6-19(11-16)29-2)22(28)25-20-8-7-17(18-13-23-24-14-18)12-21(20)30-10-4-9-27/h3,5-8,11-14,27H,4,9-10,15H2,1-2H3,(H,23,24)(H,25,28). The first-order valence-corrected chi connectivity index (χ1v) is 9.62. The van der Waals surface area contributed by atoms with Crippen LogP contribution in [-0.2, 0) is 6.54 Å². The van der Waals surface area contributed by atoms with E-state index in [0.717, 1.165) is 22.4 Å². The number of aromatic amines is 1. The van der Waals surface area contributed by atoms with Gasteiger partial charge in [-0.15, -0.1) is 0 Å². The van der Waals surface area contributed by atoms with Crippen molar-refractivity contribution in [3.8, 4) is 22.6 Å². The fraction of sp³-hybridized carbons (Fsp3) is 0.273. The number of carbonyl (C=O) groups is 1. The Morgan fingerprint density at radius 2 is 2.10 bits per heavy atom. The molecule has 30 heavy (non-hydrogen) atoms. The van der Waals surface area contributed by atoms with Gasteiger partial charge >= 0.3 is 6.03 Å². The summed E-state index contributed by atoms with van der Waals surface area (Å²) < 4.78 is 11.0. The molecule has 0 saturated carbocycles. The largest absolute Gasteiger partial charge is 0.497 e. The number of benzene rings is 2. The summed E-state index contributed by atoms with van der Waals surface area (Å²) >= 11 is 0. The van der Waals surface area contributed by atoms with E-state index < -0.39 is 0 Å². The Hall–Kier alpha value is -3.52. The van der Waals surface area contributed by atoms with E-state index >= 15 is 0 Å². The molecule has 3 N–H and O–H groups in total. The first-order valence-electron chi connectivity index (χ1n) is 9.62. The number of H-pyrrole nitrogens is 1. The zero-order valence-corrected chi connectivity index (χ0v) is 17.1. The van der Waals surface area contributed by atoms with Gasteiger partial charge in [-0.1, -0.05) is 18.2 Å². The maximum Gasteiger partial charge on any atom is 0.321 e. The van der Waals surface area contributed by atoms with Gasteiger partial charge in [0.15, 0.2) is 0 Å². The highest BCUT2D eigenvalue weighted by molar-refractivity contribution is 5.91. The van der Waals surface area contributed by atoms with Crippen LogP contribution in [0.4, 0.5) is 10.5 Å². The van der Waals surface area contributed by atoms with Crippen LogP contribution in [0, 0.1) is 0 Å². The highest BCUT2D eigenvalue weighted by Gasteiger charge is 2.14. The third-order valence-corrected chi connectivity index (χ3v) is 4.52. The summed E-state index contributed by atoms with van der Waals surface area (Å²) in [6.45, 7) is 0.803. The van der Waals surface area contributed by atoms with E-state index in [9.17, 15) is 4.79 Å². The second-order valence-electron chi connectivity index (χ2n) is 6.76. The molecule has 3 aromatic rings. The number of carbonyl (C=O) groups excluding carboxylic acids is 1. The number of ether oxygens (including phenoxy) is 2. The van der Waals surface area contributed by atoms with Crippen LogP contribution >= 0.6 is 0 Å². The number of methoxy groups -OCH3 is 1. The average molecular weight is 410 g/mol. The predicted molar refractivity (Wildman–Crippen MR) is 115 cm³/mol. The van der Waals surface area contributed by atoms with Crippen molar-refractivity contribution in [1.82, 2.24) is 15.1 Å². The van der Waals surface area contributed by atoms with Crippen molar-refractivity contribution in [1.29, 1.82) is 0 Å². The quantitative estimate of drug-likeness (QED) is 0.469. The summed E-state index contributed by atoms with van der Waals surface area (Å²) in [4.78, 5) is 14.3. The lowest BCUT2D eigenvalue weighted by molar-refractivity contribution is 0.219. The minimum atomic E-state index is -0.263. The smallest absolute Gasteiger partial charge is 0.321 e. The monoisotopic (exact) mass is 410 g/mol. The van der Waals surface area contributed by atoms with Gasteiger partial charge in [0.1, 0.15) is 11.5 Å². The topological polar surface area (TPSA) is 99.7 Å². The average Bonchev–Trinajstić information content (AvgIpc) is 3.30. The summed E-state index contributed by atoms with van der Waals surface area (Å²) in [5, 5.41) is 18.7. The Balaban J connectivity index is 1.73. The molecule has 3 rings (SSSR count). The molecule has 158 valence electrons. The Labute approximate surface area is 175 Å². The van der Waals surface area contributed by atoms with Gasteiger partial charge < -0.3 is 24.8 Å². The molecule has 0 radical (unpaired) electrons. The molecular weight excluding hydrogens is 384 g/mol. The van der Waals surface area contributed by atoms with Crippen molar-refractivity contribution in [3.63, 3.8) is 0 Å². The number of aliphatic hydroxyl groups is 1. The molecule has 0 fully saturated rings. The van der Waals surface area contributed by atoms with Crippen LogP contribution in [0.2, 0.25) is 0 Å². The van der Waals surface area contributed by atoms with Crippen LogP contribution in [0.15, 0.2) is 54.9 Å². The molecule has 1 aromatic heterocycles.